The summed E-state index contributed by atoms with van der Waals surface area (Å²) in [5, 5.41) is 15.6. The summed E-state index contributed by atoms with van der Waals surface area (Å²) >= 11 is 0. The first-order chi connectivity index (χ1) is 9.81. The fraction of sp³-hybridized carbons (Fsp3) is 0.182. The summed E-state index contributed by atoms with van der Waals surface area (Å²) in [5.41, 5.74) is 0.433. The van der Waals surface area contributed by atoms with Gasteiger partial charge in [-0.2, -0.15) is 0 Å². The van der Waals surface area contributed by atoms with Crippen molar-refractivity contribution in [3.05, 3.63) is 46.4 Å². The highest BCUT2D eigenvalue weighted by atomic mass is 32.2. The first-order valence-corrected chi connectivity index (χ1v) is 7.22. The highest BCUT2D eigenvalue weighted by Crippen LogP contribution is 2.27. The molecule has 10 heteroatoms. The van der Waals surface area contributed by atoms with Crippen LogP contribution in [0.4, 0.5) is 5.69 Å². The third kappa shape index (κ3) is 3.35. The minimum atomic E-state index is -3.87. The van der Waals surface area contributed by atoms with Crippen LogP contribution in [0, 0.1) is 10.1 Å². The number of primary sulfonamides is 1. The van der Waals surface area contributed by atoms with E-state index in [4.69, 9.17) is 9.88 Å². The lowest BCUT2D eigenvalue weighted by molar-refractivity contribution is -0.385. The Labute approximate surface area is 120 Å². The van der Waals surface area contributed by atoms with Crippen molar-refractivity contribution in [1.29, 1.82) is 0 Å². The van der Waals surface area contributed by atoms with Crippen LogP contribution < -0.4 is 9.88 Å². The van der Waals surface area contributed by atoms with Gasteiger partial charge in [0, 0.05) is 18.8 Å². The molecule has 0 bridgehead atoms. The molecule has 21 heavy (non-hydrogen) atoms. The predicted octanol–water partition coefficient (Wildman–Crippen LogP) is 0.496. The van der Waals surface area contributed by atoms with Crippen LogP contribution in [-0.4, -0.2) is 30.0 Å². The van der Waals surface area contributed by atoms with E-state index in [0.29, 0.717) is 5.56 Å². The summed E-state index contributed by atoms with van der Waals surface area (Å²) in [7, 11) is -2.52. The van der Waals surface area contributed by atoms with Crippen molar-refractivity contribution >= 4 is 15.7 Å². The topological polar surface area (TPSA) is 130 Å². The third-order valence-electron chi connectivity index (χ3n) is 2.71. The quantitative estimate of drug-likeness (QED) is 0.631. The van der Waals surface area contributed by atoms with Crippen LogP contribution in [0.2, 0.25) is 0 Å². The normalized spacial score (nSPS) is 11.3. The Hall–Kier alpha value is -2.46. The minimum absolute atomic E-state index is 0.152. The SMILES string of the molecule is COc1ccc(Cn2cnc(S(N)(=O)=O)c2)cc1[N+](=O)[O-]. The average molecular weight is 312 g/mol. The second-order valence-corrected chi connectivity index (χ2v) is 5.70. The van der Waals surface area contributed by atoms with Gasteiger partial charge >= 0.3 is 5.69 Å². The molecule has 112 valence electrons. The number of rotatable bonds is 5. The fourth-order valence-corrected chi connectivity index (χ4v) is 2.24. The summed E-state index contributed by atoms with van der Waals surface area (Å²) in [6.45, 7) is 0.216. The minimum Gasteiger partial charge on any atom is -0.490 e. The molecule has 1 aromatic heterocycles. The first kappa shape index (κ1) is 14.9. The van der Waals surface area contributed by atoms with Gasteiger partial charge in [-0.1, -0.05) is 6.07 Å². The summed E-state index contributed by atoms with van der Waals surface area (Å²) in [5.74, 6) is 0.152. The molecule has 0 amide bonds. The fourth-order valence-electron chi connectivity index (χ4n) is 1.76. The zero-order valence-corrected chi connectivity index (χ0v) is 11.8. The molecule has 9 nitrogen and oxygen atoms in total. The van der Waals surface area contributed by atoms with E-state index in [1.54, 1.807) is 6.07 Å². The maximum Gasteiger partial charge on any atom is 0.311 e. The Kier molecular flexibility index (Phi) is 3.91. The van der Waals surface area contributed by atoms with Gasteiger partial charge in [-0.15, -0.1) is 0 Å². The number of nitrogens with two attached hydrogens (primary N) is 1. The van der Waals surface area contributed by atoms with E-state index < -0.39 is 14.9 Å². The molecule has 0 saturated heterocycles. The number of ether oxygens (including phenoxy) is 1. The number of nitrogens with zero attached hydrogens (tertiary/aromatic N) is 3. The van der Waals surface area contributed by atoms with Crippen molar-refractivity contribution in [3.63, 3.8) is 0 Å². The van der Waals surface area contributed by atoms with E-state index in [1.807, 2.05) is 0 Å². The molecule has 1 heterocycles. The molecule has 0 atom stereocenters. The second kappa shape index (κ2) is 5.50. The monoisotopic (exact) mass is 312 g/mol. The van der Waals surface area contributed by atoms with Crippen molar-refractivity contribution in [1.82, 2.24) is 9.55 Å². The van der Waals surface area contributed by atoms with Crippen LogP contribution in [-0.2, 0) is 16.6 Å². The number of hydrogen-bond donors (Lipinski definition) is 1. The van der Waals surface area contributed by atoms with E-state index in [0.717, 1.165) is 0 Å². The molecule has 0 saturated carbocycles. The molecular formula is C11H12N4O5S. The van der Waals surface area contributed by atoms with E-state index in [1.165, 1.54) is 36.3 Å². The maximum atomic E-state index is 11.1. The van der Waals surface area contributed by atoms with Gasteiger partial charge in [-0.05, 0) is 11.6 Å². The molecule has 0 spiro atoms. The third-order valence-corrected chi connectivity index (χ3v) is 3.50. The summed E-state index contributed by atoms with van der Waals surface area (Å²) in [6.07, 6.45) is 2.54. The Morgan fingerprint density at radius 3 is 2.71 bits per heavy atom. The van der Waals surface area contributed by atoms with Crippen LogP contribution >= 0.6 is 0 Å². The smallest absolute Gasteiger partial charge is 0.311 e. The van der Waals surface area contributed by atoms with Gasteiger partial charge in [0.2, 0.25) is 0 Å². The maximum absolute atomic E-state index is 11.1. The molecule has 0 fully saturated rings. The summed E-state index contributed by atoms with van der Waals surface area (Å²) < 4.78 is 28.6. The Balaban J connectivity index is 2.30. The van der Waals surface area contributed by atoms with Crippen LogP contribution in [0.15, 0.2) is 35.7 Å². The van der Waals surface area contributed by atoms with Crippen molar-refractivity contribution in [2.75, 3.05) is 7.11 Å². The number of hydrogen-bond acceptors (Lipinski definition) is 6. The molecule has 0 unspecified atom stereocenters. The molecule has 1 aromatic carbocycles. The predicted molar refractivity (Wildman–Crippen MR) is 72.4 cm³/mol. The number of benzene rings is 1. The van der Waals surface area contributed by atoms with Crippen molar-refractivity contribution < 1.29 is 18.1 Å². The summed E-state index contributed by atoms with van der Waals surface area (Å²) in [6, 6.07) is 4.48. The number of nitro benzene ring substituents is 1. The number of aromatic nitrogens is 2. The molecule has 0 aliphatic heterocycles. The molecule has 2 rings (SSSR count). The van der Waals surface area contributed by atoms with Gasteiger partial charge in [0.1, 0.15) is 0 Å². The standard InChI is InChI=1S/C11H12N4O5S/c1-20-10-3-2-8(4-9(10)15(16)17)5-14-6-11(13-7-14)21(12,18)19/h2-4,6-7H,5H2,1H3,(H2,12,18,19). The largest absolute Gasteiger partial charge is 0.490 e. The molecule has 0 aliphatic carbocycles. The van der Waals surface area contributed by atoms with Crippen LogP contribution in [0.3, 0.4) is 0 Å². The Morgan fingerprint density at radius 1 is 1.48 bits per heavy atom. The van der Waals surface area contributed by atoms with E-state index in [9.17, 15) is 18.5 Å². The highest BCUT2D eigenvalue weighted by Gasteiger charge is 2.16. The Bertz CT molecular complexity index is 784. The van der Waals surface area contributed by atoms with Gasteiger partial charge < -0.3 is 9.30 Å². The van der Waals surface area contributed by atoms with Gasteiger partial charge in [0.15, 0.2) is 10.8 Å². The first-order valence-electron chi connectivity index (χ1n) is 5.67. The van der Waals surface area contributed by atoms with Gasteiger partial charge in [-0.3, -0.25) is 10.1 Å². The molecular weight excluding hydrogens is 300 g/mol. The van der Waals surface area contributed by atoms with Crippen LogP contribution in [0.1, 0.15) is 5.56 Å². The zero-order valence-electron chi connectivity index (χ0n) is 11.0. The van der Waals surface area contributed by atoms with Crippen molar-refractivity contribution in [2.24, 2.45) is 5.14 Å². The Morgan fingerprint density at radius 2 is 2.19 bits per heavy atom. The zero-order chi connectivity index (χ0) is 15.6. The van der Waals surface area contributed by atoms with Crippen LogP contribution in [0.5, 0.6) is 5.75 Å². The molecule has 0 aliphatic rings. The number of nitro groups is 1. The van der Waals surface area contributed by atoms with Crippen LogP contribution in [0.25, 0.3) is 0 Å². The molecule has 0 radical (unpaired) electrons. The number of sulfonamides is 1. The number of methoxy groups -OCH3 is 1. The van der Waals surface area contributed by atoms with E-state index in [-0.39, 0.29) is 23.0 Å². The van der Waals surface area contributed by atoms with Crippen molar-refractivity contribution in [2.45, 2.75) is 11.6 Å². The summed E-state index contributed by atoms with van der Waals surface area (Å²) in [4.78, 5) is 14.0. The van der Waals surface area contributed by atoms with Gasteiger partial charge in [0.05, 0.1) is 18.4 Å². The lowest BCUT2D eigenvalue weighted by Crippen LogP contribution is -2.12. The van der Waals surface area contributed by atoms with Gasteiger partial charge in [0.25, 0.3) is 10.0 Å². The lowest BCUT2D eigenvalue weighted by Gasteiger charge is -2.05. The second-order valence-electron chi connectivity index (χ2n) is 4.19. The van der Waals surface area contributed by atoms with Crippen molar-refractivity contribution in [3.8, 4) is 5.75 Å². The molecule has 2 N–H and O–H groups in total. The van der Waals surface area contributed by atoms with E-state index >= 15 is 0 Å². The van der Waals surface area contributed by atoms with E-state index in [2.05, 4.69) is 4.98 Å². The molecule has 2 aromatic rings. The number of imidazole rings is 1. The van der Waals surface area contributed by atoms with Gasteiger partial charge in [-0.25, -0.2) is 18.5 Å². The highest BCUT2D eigenvalue weighted by molar-refractivity contribution is 7.89. The average Bonchev–Trinajstić information content (AvgIpc) is 2.87. The lowest BCUT2D eigenvalue weighted by atomic mass is 10.2.